The summed E-state index contributed by atoms with van der Waals surface area (Å²) in [5, 5.41) is 13.9. The van der Waals surface area contributed by atoms with E-state index >= 15 is 0 Å². The van der Waals surface area contributed by atoms with Crippen molar-refractivity contribution in [2.45, 2.75) is 12.7 Å². The van der Waals surface area contributed by atoms with Gasteiger partial charge in [-0.2, -0.15) is 21.4 Å². The zero-order chi connectivity index (χ0) is 13.2. The highest BCUT2D eigenvalue weighted by Crippen LogP contribution is 2.27. The molecule has 0 radical (unpaired) electrons. The summed E-state index contributed by atoms with van der Waals surface area (Å²) < 4.78 is 2.92. The molecule has 0 aliphatic rings. The Morgan fingerprint density at radius 1 is 1.26 bits per heavy atom. The number of benzene rings is 1. The van der Waals surface area contributed by atoms with Crippen LogP contribution >= 0.6 is 39.0 Å². The fourth-order valence-electron chi connectivity index (χ4n) is 1.65. The average Bonchev–Trinajstić information content (AvgIpc) is 2.98. The van der Waals surface area contributed by atoms with Gasteiger partial charge in [-0.3, -0.25) is 0 Å². The van der Waals surface area contributed by atoms with Crippen molar-refractivity contribution in [3.63, 3.8) is 0 Å². The fourth-order valence-corrected chi connectivity index (χ4v) is 3.34. The first kappa shape index (κ1) is 13.1. The van der Waals surface area contributed by atoms with Crippen molar-refractivity contribution in [3.8, 4) is 10.6 Å². The molecule has 0 unspecified atom stereocenters. The number of hydrogen-bond acceptors (Lipinski definition) is 5. The molecular formula is C12H11BrN4S2. The molecule has 0 N–H and O–H groups in total. The molecule has 0 saturated carbocycles. The number of nitrogens with zero attached hydrogens (tertiary/aromatic N) is 4. The van der Waals surface area contributed by atoms with Crippen LogP contribution in [0.4, 0.5) is 0 Å². The fraction of sp³-hybridized carbons (Fsp3) is 0.250. The molecule has 0 spiro atoms. The van der Waals surface area contributed by atoms with Crippen molar-refractivity contribution in [1.82, 2.24) is 19.8 Å². The molecule has 2 aromatic heterocycles. The van der Waals surface area contributed by atoms with Crippen molar-refractivity contribution in [3.05, 3.63) is 34.6 Å². The maximum absolute atomic E-state index is 4.61. The van der Waals surface area contributed by atoms with Crippen LogP contribution in [0.1, 0.15) is 12.7 Å². The van der Waals surface area contributed by atoms with Gasteiger partial charge in [0.2, 0.25) is 4.96 Å². The van der Waals surface area contributed by atoms with Gasteiger partial charge in [-0.15, -0.1) is 10.2 Å². The summed E-state index contributed by atoms with van der Waals surface area (Å²) in [6.07, 6.45) is 0. The predicted molar refractivity (Wildman–Crippen MR) is 83.6 cm³/mol. The largest absolute Gasteiger partial charge is 0.235 e. The minimum Gasteiger partial charge on any atom is -0.186 e. The van der Waals surface area contributed by atoms with Crippen molar-refractivity contribution < 1.29 is 0 Å². The Morgan fingerprint density at radius 3 is 2.79 bits per heavy atom. The molecule has 4 nitrogen and oxygen atoms in total. The second-order valence-corrected chi connectivity index (χ2v) is 7.01. The van der Waals surface area contributed by atoms with Crippen LogP contribution in [-0.4, -0.2) is 25.6 Å². The van der Waals surface area contributed by atoms with E-state index in [0.717, 1.165) is 37.3 Å². The summed E-state index contributed by atoms with van der Waals surface area (Å²) in [6, 6.07) is 8.14. The summed E-state index contributed by atoms with van der Waals surface area (Å²) >= 11 is 6.82. The lowest BCUT2D eigenvalue weighted by molar-refractivity contribution is 0.887. The summed E-state index contributed by atoms with van der Waals surface area (Å²) in [5.41, 5.74) is 1.10. The van der Waals surface area contributed by atoms with Gasteiger partial charge in [-0.05, 0) is 17.9 Å². The normalized spacial score (nSPS) is 11.3. The SMILES string of the molecule is CCSCc1nnc2sc(-c3ccc(Br)cc3)nn12. The lowest BCUT2D eigenvalue weighted by atomic mass is 10.2. The van der Waals surface area contributed by atoms with E-state index in [9.17, 15) is 0 Å². The van der Waals surface area contributed by atoms with E-state index in [-0.39, 0.29) is 0 Å². The van der Waals surface area contributed by atoms with Crippen LogP contribution in [0.25, 0.3) is 15.5 Å². The molecule has 0 bridgehead atoms. The quantitative estimate of drug-likeness (QED) is 0.713. The van der Waals surface area contributed by atoms with Crippen LogP contribution in [0, 0.1) is 0 Å². The minimum atomic E-state index is 0.848. The zero-order valence-electron chi connectivity index (χ0n) is 10.2. The van der Waals surface area contributed by atoms with Crippen molar-refractivity contribution in [2.24, 2.45) is 0 Å². The topological polar surface area (TPSA) is 43.1 Å². The number of fused-ring (bicyclic) bond motifs is 1. The Morgan fingerprint density at radius 2 is 2.05 bits per heavy atom. The highest BCUT2D eigenvalue weighted by atomic mass is 79.9. The molecule has 0 atom stereocenters. The number of aromatic nitrogens is 4. The van der Waals surface area contributed by atoms with Crippen LogP contribution in [0.3, 0.4) is 0 Å². The lowest BCUT2D eigenvalue weighted by Crippen LogP contribution is -1.94. The first-order chi connectivity index (χ1) is 9.28. The Balaban J connectivity index is 1.97. The molecule has 0 aliphatic carbocycles. The van der Waals surface area contributed by atoms with E-state index in [2.05, 4.69) is 50.3 Å². The van der Waals surface area contributed by atoms with Gasteiger partial charge in [-0.1, -0.05) is 46.3 Å². The van der Waals surface area contributed by atoms with E-state index < -0.39 is 0 Å². The minimum absolute atomic E-state index is 0.848. The van der Waals surface area contributed by atoms with E-state index in [4.69, 9.17) is 0 Å². The number of thioether (sulfide) groups is 1. The lowest BCUT2D eigenvalue weighted by Gasteiger charge is -1.96. The Labute approximate surface area is 127 Å². The monoisotopic (exact) mass is 354 g/mol. The summed E-state index contributed by atoms with van der Waals surface area (Å²) in [7, 11) is 0. The van der Waals surface area contributed by atoms with E-state index in [1.165, 1.54) is 0 Å². The smallest absolute Gasteiger partial charge is 0.186 e. The molecule has 2 heterocycles. The zero-order valence-corrected chi connectivity index (χ0v) is 13.4. The predicted octanol–water partition coefficient (Wildman–Crippen LogP) is 3.87. The van der Waals surface area contributed by atoms with Gasteiger partial charge in [0, 0.05) is 10.0 Å². The van der Waals surface area contributed by atoms with E-state index in [0.29, 0.717) is 0 Å². The van der Waals surface area contributed by atoms with E-state index in [1.54, 1.807) is 11.3 Å². The number of halogens is 1. The summed E-state index contributed by atoms with van der Waals surface area (Å²) in [6.45, 7) is 2.14. The van der Waals surface area contributed by atoms with E-state index in [1.807, 2.05) is 28.4 Å². The first-order valence-corrected chi connectivity index (χ1v) is 8.59. The molecular weight excluding hydrogens is 344 g/mol. The second-order valence-electron chi connectivity index (χ2n) is 3.86. The third-order valence-electron chi connectivity index (χ3n) is 2.58. The summed E-state index contributed by atoms with van der Waals surface area (Å²) in [4.78, 5) is 0.852. The van der Waals surface area contributed by atoms with Gasteiger partial charge >= 0.3 is 0 Å². The molecule has 0 aliphatic heterocycles. The average molecular weight is 355 g/mol. The maximum Gasteiger partial charge on any atom is 0.235 e. The Kier molecular flexibility index (Phi) is 3.86. The standard InChI is InChI=1S/C12H11BrN4S2/c1-2-18-7-10-14-15-12-17(10)16-11(19-12)8-3-5-9(13)6-4-8/h3-6H,2,7H2,1H3. The molecule has 98 valence electrons. The molecule has 3 aromatic rings. The van der Waals surface area contributed by atoms with Gasteiger partial charge in [0.1, 0.15) is 5.01 Å². The Bertz CT molecular complexity index is 689. The second kappa shape index (κ2) is 5.60. The maximum atomic E-state index is 4.61. The van der Waals surface area contributed by atoms with Gasteiger partial charge in [-0.25, -0.2) is 0 Å². The van der Waals surface area contributed by atoms with Crippen molar-refractivity contribution >= 4 is 44.0 Å². The number of rotatable bonds is 4. The van der Waals surface area contributed by atoms with Crippen LogP contribution < -0.4 is 0 Å². The van der Waals surface area contributed by atoms with Crippen molar-refractivity contribution in [2.75, 3.05) is 5.75 Å². The van der Waals surface area contributed by atoms with Gasteiger partial charge in [0.05, 0.1) is 5.75 Å². The molecule has 19 heavy (non-hydrogen) atoms. The van der Waals surface area contributed by atoms with Crippen LogP contribution in [0.15, 0.2) is 28.7 Å². The molecule has 3 rings (SSSR count). The molecule has 0 fully saturated rings. The molecule has 0 saturated heterocycles. The highest BCUT2D eigenvalue weighted by Gasteiger charge is 2.12. The van der Waals surface area contributed by atoms with Crippen LogP contribution in [0.5, 0.6) is 0 Å². The highest BCUT2D eigenvalue weighted by molar-refractivity contribution is 9.10. The van der Waals surface area contributed by atoms with Crippen molar-refractivity contribution in [1.29, 1.82) is 0 Å². The first-order valence-electron chi connectivity index (χ1n) is 5.82. The van der Waals surface area contributed by atoms with Crippen LogP contribution in [-0.2, 0) is 5.75 Å². The third kappa shape index (κ3) is 2.68. The van der Waals surface area contributed by atoms with Crippen LogP contribution in [0.2, 0.25) is 0 Å². The molecule has 1 aromatic carbocycles. The third-order valence-corrected chi connectivity index (χ3v) is 4.93. The molecule has 7 heteroatoms. The van der Waals surface area contributed by atoms with Gasteiger partial charge < -0.3 is 0 Å². The molecule has 0 amide bonds. The Hall–Kier alpha value is -0.920. The van der Waals surface area contributed by atoms with Gasteiger partial charge in [0.15, 0.2) is 5.82 Å². The number of hydrogen-bond donors (Lipinski definition) is 0. The van der Waals surface area contributed by atoms with Gasteiger partial charge in [0.25, 0.3) is 0 Å². The summed E-state index contributed by atoms with van der Waals surface area (Å²) in [5.74, 6) is 2.83.